The zero-order valence-corrected chi connectivity index (χ0v) is 13.7. The topological polar surface area (TPSA) is 46.6 Å². The van der Waals surface area contributed by atoms with Crippen LogP contribution in [-0.4, -0.2) is 35.3 Å². The summed E-state index contributed by atoms with van der Waals surface area (Å²) in [6, 6.07) is 7.50. The van der Waals surface area contributed by atoms with Gasteiger partial charge in [-0.2, -0.15) is 0 Å². The molecule has 2 saturated carbocycles. The molecule has 0 N–H and O–H groups in total. The van der Waals surface area contributed by atoms with Crippen molar-refractivity contribution in [1.82, 2.24) is 4.90 Å². The number of hydrogen-bond donors (Lipinski definition) is 0. The van der Waals surface area contributed by atoms with E-state index in [1.807, 2.05) is 43.0 Å². The summed E-state index contributed by atoms with van der Waals surface area (Å²) < 4.78 is 6.34. The number of fused-ring (bicyclic) bond motifs is 3. The average Bonchev–Trinajstić information content (AvgIpc) is 3.20. The zero-order chi connectivity index (χ0) is 16.2. The van der Waals surface area contributed by atoms with Crippen molar-refractivity contribution >= 4 is 11.7 Å². The number of nitrogens with zero attached hydrogens (tertiary/aromatic N) is 1. The van der Waals surface area contributed by atoms with Crippen LogP contribution in [0.15, 0.2) is 24.3 Å². The maximum absolute atomic E-state index is 12.7. The lowest BCUT2D eigenvalue weighted by Crippen LogP contribution is -2.45. The molecule has 4 heteroatoms. The number of ketones is 1. The summed E-state index contributed by atoms with van der Waals surface area (Å²) in [5, 5.41) is 0. The fourth-order valence-corrected chi connectivity index (χ4v) is 4.84. The van der Waals surface area contributed by atoms with Gasteiger partial charge in [0.05, 0.1) is 12.0 Å². The van der Waals surface area contributed by atoms with Crippen molar-refractivity contribution in [2.24, 2.45) is 17.8 Å². The molecule has 4 rings (SSSR count). The smallest absolute Gasteiger partial charge is 0.226 e. The van der Waals surface area contributed by atoms with Gasteiger partial charge in [0.1, 0.15) is 11.4 Å². The Hall–Kier alpha value is -1.84. The predicted octanol–water partition coefficient (Wildman–Crippen LogP) is 2.92. The van der Waals surface area contributed by atoms with Gasteiger partial charge in [-0.3, -0.25) is 9.59 Å². The van der Waals surface area contributed by atoms with E-state index in [-0.39, 0.29) is 23.5 Å². The third kappa shape index (κ3) is 2.03. The molecule has 2 fully saturated rings. The molecule has 0 radical (unpaired) electrons. The molecule has 0 bridgehead atoms. The Kier molecular flexibility index (Phi) is 3.26. The number of carbonyl (C=O) groups excluding carboxylic acids is 2. The summed E-state index contributed by atoms with van der Waals surface area (Å²) in [7, 11) is 0. The van der Waals surface area contributed by atoms with Crippen molar-refractivity contribution in [3.63, 3.8) is 0 Å². The Morgan fingerprint density at radius 1 is 1.30 bits per heavy atom. The fraction of sp³-hybridized carbons (Fsp3) is 0.579. The molecule has 23 heavy (non-hydrogen) atoms. The van der Waals surface area contributed by atoms with Gasteiger partial charge in [0, 0.05) is 24.9 Å². The van der Waals surface area contributed by atoms with E-state index in [9.17, 15) is 9.59 Å². The molecule has 0 aromatic heterocycles. The van der Waals surface area contributed by atoms with Gasteiger partial charge in [-0.15, -0.1) is 0 Å². The molecule has 4 atom stereocenters. The molecule has 4 nitrogen and oxygen atoms in total. The molecular weight excluding hydrogens is 290 g/mol. The molecular formula is C19H23NO3. The van der Waals surface area contributed by atoms with E-state index in [2.05, 4.69) is 0 Å². The summed E-state index contributed by atoms with van der Waals surface area (Å²) >= 11 is 0. The van der Waals surface area contributed by atoms with E-state index < -0.39 is 5.60 Å². The van der Waals surface area contributed by atoms with E-state index in [4.69, 9.17) is 4.74 Å². The lowest BCUT2D eigenvalue weighted by atomic mass is 9.84. The second-order valence-corrected chi connectivity index (χ2v) is 7.03. The summed E-state index contributed by atoms with van der Waals surface area (Å²) in [5.74, 6) is 1.79. The standard InChI is InChI=1S/C19H23NO3/c1-3-20(4-2)18(22)16-13-9-10-19(17(13)16)11-14(21)12-7-5-6-8-15(12)23-19/h5-8,13,16-17H,3-4,9-11H2,1-2H3/t13-,16+,17+,19-/m0/s1. The lowest BCUT2D eigenvalue weighted by Gasteiger charge is -2.37. The normalized spacial score (nSPS) is 33.8. The molecule has 1 aromatic carbocycles. The summed E-state index contributed by atoms with van der Waals surface area (Å²) in [4.78, 5) is 27.2. The van der Waals surface area contributed by atoms with Crippen LogP contribution in [-0.2, 0) is 4.79 Å². The van der Waals surface area contributed by atoms with Crippen LogP contribution in [0.2, 0.25) is 0 Å². The number of Topliss-reactive ketones (excluding diaryl/α,β-unsaturated/α-hetero) is 1. The van der Waals surface area contributed by atoms with E-state index in [0.717, 1.165) is 25.9 Å². The molecule has 1 aromatic rings. The van der Waals surface area contributed by atoms with Gasteiger partial charge in [0.15, 0.2) is 5.78 Å². The van der Waals surface area contributed by atoms with Crippen LogP contribution in [0.4, 0.5) is 0 Å². The van der Waals surface area contributed by atoms with Crippen molar-refractivity contribution in [3.8, 4) is 5.75 Å². The van der Waals surface area contributed by atoms with Crippen LogP contribution in [0.25, 0.3) is 0 Å². The highest BCUT2D eigenvalue weighted by Gasteiger charge is 2.70. The number of ether oxygens (including phenoxy) is 1. The number of carbonyl (C=O) groups is 2. The Balaban J connectivity index is 1.60. The Bertz CT molecular complexity index is 666. The first-order valence-electron chi connectivity index (χ1n) is 8.71. The SMILES string of the molecule is CCN(CC)C(=O)[C@@H]1[C@@H]2CC[C@]3(CC(=O)c4ccccc4O3)[C@H]21. The quantitative estimate of drug-likeness (QED) is 0.862. The predicted molar refractivity (Wildman–Crippen MR) is 86.4 cm³/mol. The van der Waals surface area contributed by atoms with Crippen LogP contribution in [0, 0.1) is 17.8 Å². The van der Waals surface area contributed by atoms with Gasteiger partial charge < -0.3 is 9.64 Å². The van der Waals surface area contributed by atoms with Gasteiger partial charge in [0.25, 0.3) is 0 Å². The van der Waals surface area contributed by atoms with Gasteiger partial charge >= 0.3 is 0 Å². The van der Waals surface area contributed by atoms with Crippen molar-refractivity contribution < 1.29 is 14.3 Å². The van der Waals surface area contributed by atoms with E-state index >= 15 is 0 Å². The molecule has 1 aliphatic heterocycles. The molecule has 1 heterocycles. The number of para-hydroxylation sites is 1. The van der Waals surface area contributed by atoms with Gasteiger partial charge in [0.2, 0.25) is 5.91 Å². The number of hydrogen-bond acceptors (Lipinski definition) is 3. The maximum Gasteiger partial charge on any atom is 0.226 e. The molecule has 122 valence electrons. The van der Waals surface area contributed by atoms with Crippen molar-refractivity contribution in [3.05, 3.63) is 29.8 Å². The summed E-state index contributed by atoms with van der Waals surface area (Å²) in [6.45, 7) is 5.54. The first-order valence-corrected chi connectivity index (χ1v) is 8.71. The molecule has 0 unspecified atom stereocenters. The van der Waals surface area contributed by atoms with Crippen LogP contribution >= 0.6 is 0 Å². The van der Waals surface area contributed by atoms with Gasteiger partial charge in [-0.05, 0) is 44.7 Å². The van der Waals surface area contributed by atoms with Crippen molar-refractivity contribution in [1.29, 1.82) is 0 Å². The molecule has 0 saturated heterocycles. The molecule has 2 aliphatic carbocycles. The number of amides is 1. The highest BCUT2D eigenvalue weighted by atomic mass is 16.5. The first-order chi connectivity index (χ1) is 11.1. The van der Waals surface area contributed by atoms with Crippen LogP contribution < -0.4 is 4.74 Å². The van der Waals surface area contributed by atoms with Gasteiger partial charge in [-0.25, -0.2) is 0 Å². The average molecular weight is 313 g/mol. The monoisotopic (exact) mass is 313 g/mol. The lowest BCUT2D eigenvalue weighted by molar-refractivity contribution is -0.134. The van der Waals surface area contributed by atoms with Crippen LogP contribution in [0.1, 0.15) is 43.5 Å². The van der Waals surface area contributed by atoms with Crippen molar-refractivity contribution in [2.75, 3.05) is 13.1 Å². The first kappa shape index (κ1) is 14.7. The largest absolute Gasteiger partial charge is 0.486 e. The summed E-state index contributed by atoms with van der Waals surface area (Å²) in [5.41, 5.74) is 0.248. The molecule has 3 aliphatic rings. The minimum absolute atomic E-state index is 0.0571. The third-order valence-corrected chi connectivity index (χ3v) is 6.00. The van der Waals surface area contributed by atoms with Crippen LogP contribution in [0.5, 0.6) is 5.75 Å². The fourth-order valence-electron chi connectivity index (χ4n) is 4.84. The van der Waals surface area contributed by atoms with Crippen LogP contribution in [0.3, 0.4) is 0 Å². The second-order valence-electron chi connectivity index (χ2n) is 7.03. The Morgan fingerprint density at radius 3 is 2.78 bits per heavy atom. The minimum Gasteiger partial charge on any atom is -0.486 e. The zero-order valence-electron chi connectivity index (χ0n) is 13.7. The molecule has 1 spiro atoms. The third-order valence-electron chi connectivity index (χ3n) is 6.00. The minimum atomic E-state index is -0.441. The van der Waals surface area contributed by atoms with E-state index in [1.54, 1.807) is 0 Å². The van der Waals surface area contributed by atoms with E-state index in [1.165, 1.54) is 0 Å². The summed E-state index contributed by atoms with van der Waals surface area (Å²) in [6.07, 6.45) is 2.31. The highest BCUT2D eigenvalue weighted by Crippen LogP contribution is 2.66. The molecule has 1 amide bonds. The van der Waals surface area contributed by atoms with Gasteiger partial charge in [-0.1, -0.05) is 12.1 Å². The Morgan fingerprint density at radius 2 is 2.04 bits per heavy atom. The van der Waals surface area contributed by atoms with E-state index in [0.29, 0.717) is 23.7 Å². The number of benzene rings is 1. The Labute approximate surface area is 136 Å². The second kappa shape index (κ2) is 5.08. The number of rotatable bonds is 3. The highest BCUT2D eigenvalue weighted by molar-refractivity contribution is 6.00. The van der Waals surface area contributed by atoms with Crippen molar-refractivity contribution in [2.45, 2.75) is 38.7 Å². The maximum atomic E-state index is 12.7.